The van der Waals surface area contributed by atoms with Gasteiger partial charge >= 0.3 is 0 Å². The van der Waals surface area contributed by atoms with E-state index >= 15 is 0 Å². The van der Waals surface area contributed by atoms with Crippen LogP contribution in [-0.4, -0.2) is 8.07 Å². The van der Waals surface area contributed by atoms with Gasteiger partial charge in [-0.15, -0.1) is 0 Å². The van der Waals surface area contributed by atoms with E-state index in [0.717, 1.165) is 6.42 Å². The van der Waals surface area contributed by atoms with Crippen LogP contribution in [0.25, 0.3) is 33.6 Å². The Kier molecular flexibility index (Phi) is 7.05. The molecule has 2 aliphatic rings. The van der Waals surface area contributed by atoms with Crippen molar-refractivity contribution in [2.45, 2.75) is 70.8 Å². The average molecular weight is 593 g/mol. The molecule has 0 saturated carbocycles. The quantitative estimate of drug-likeness (QED) is 0.106. The van der Waals surface area contributed by atoms with Crippen molar-refractivity contribution >= 4 is 13.3 Å². The summed E-state index contributed by atoms with van der Waals surface area (Å²) in [5.74, 6) is 0.584. The largest absolute Gasteiger partial charge is 0.214 e. The molecule has 0 bridgehead atoms. The fourth-order valence-corrected chi connectivity index (χ4v) is 9.64. The minimum absolute atomic E-state index is 0.119. The lowest BCUT2D eigenvalue weighted by Crippen LogP contribution is -2.56. The highest BCUT2D eigenvalue weighted by atomic mass is 28.3. The van der Waals surface area contributed by atoms with Crippen LogP contribution in [0, 0.1) is 0 Å². The van der Waals surface area contributed by atoms with Crippen molar-refractivity contribution in [2.24, 2.45) is 0 Å². The first-order valence-electron chi connectivity index (χ1n) is 16.3. The minimum Gasteiger partial charge on any atom is -0.191 e. The summed E-state index contributed by atoms with van der Waals surface area (Å²) in [4.78, 5) is 0. The third-order valence-corrected chi connectivity index (χ3v) is 12.0. The standard InChI is InChI=1S/C41H44N2Si/c1-8-28-23-37-30-19-13-15-21-32(30)40(36(9-2)42(37)26-39(28)44(5,6)7)41-33-22-16-14-20-31(33)38-24-34(29-17-11-10-12-18-29)35(27(3)4)25-43(38)41/h9-27,36,40-41H,2,8H2,1,3-7H3/q+2. The summed E-state index contributed by atoms with van der Waals surface area (Å²) in [7, 11) is -1.58. The number of aryl methyl sites for hydroxylation is 1. The number of nitrogens with zero attached hydrogens (tertiary/aromatic N) is 2. The maximum atomic E-state index is 4.50. The smallest absolute Gasteiger partial charge is 0.191 e. The number of benzene rings is 3. The predicted octanol–water partition coefficient (Wildman–Crippen LogP) is 8.92. The highest BCUT2D eigenvalue weighted by Gasteiger charge is 2.52. The first-order valence-corrected chi connectivity index (χ1v) is 19.8. The minimum atomic E-state index is -1.58. The van der Waals surface area contributed by atoms with Crippen LogP contribution in [0.4, 0.5) is 0 Å². The van der Waals surface area contributed by atoms with Gasteiger partial charge in [-0.25, -0.2) is 0 Å². The molecule has 2 aromatic heterocycles. The molecule has 3 heteroatoms. The molecule has 220 valence electrons. The summed E-state index contributed by atoms with van der Waals surface area (Å²) in [5, 5.41) is 1.56. The van der Waals surface area contributed by atoms with Gasteiger partial charge in [0.05, 0.1) is 19.2 Å². The molecule has 3 aromatic carbocycles. The van der Waals surface area contributed by atoms with Crippen LogP contribution in [0.3, 0.4) is 0 Å². The first-order chi connectivity index (χ1) is 21.2. The summed E-state index contributed by atoms with van der Waals surface area (Å²) in [6.07, 6.45) is 8.26. The molecule has 0 aliphatic carbocycles. The van der Waals surface area contributed by atoms with E-state index in [1.807, 2.05) is 0 Å². The Bertz CT molecular complexity index is 1900. The highest BCUT2D eigenvalue weighted by Crippen LogP contribution is 2.50. The lowest BCUT2D eigenvalue weighted by Gasteiger charge is -2.32. The van der Waals surface area contributed by atoms with Crippen LogP contribution in [0.1, 0.15) is 66.9 Å². The Hall–Kier alpha value is -4.08. The molecule has 44 heavy (non-hydrogen) atoms. The number of allylic oxidation sites excluding steroid dienone is 1. The normalized spacial score (nSPS) is 18.4. The van der Waals surface area contributed by atoms with Crippen molar-refractivity contribution in [1.29, 1.82) is 0 Å². The fraction of sp³-hybridized carbons (Fsp3) is 0.268. The lowest BCUT2D eigenvalue weighted by molar-refractivity contribution is -0.739. The molecule has 0 saturated heterocycles. The zero-order valence-electron chi connectivity index (χ0n) is 27.0. The van der Waals surface area contributed by atoms with Crippen molar-refractivity contribution in [3.63, 3.8) is 0 Å². The molecule has 0 spiro atoms. The summed E-state index contributed by atoms with van der Waals surface area (Å²) >= 11 is 0. The van der Waals surface area contributed by atoms with Crippen molar-refractivity contribution in [3.05, 3.63) is 138 Å². The molecule has 2 aliphatic heterocycles. The molecule has 5 aromatic rings. The molecular formula is C41H44N2Si+2. The molecule has 0 radical (unpaired) electrons. The molecule has 0 N–H and O–H groups in total. The fourth-order valence-electron chi connectivity index (χ4n) is 7.90. The molecule has 0 amide bonds. The number of hydrogen-bond acceptors (Lipinski definition) is 0. The predicted molar refractivity (Wildman–Crippen MR) is 186 cm³/mol. The molecule has 3 unspecified atom stereocenters. The van der Waals surface area contributed by atoms with Gasteiger partial charge in [0, 0.05) is 28.4 Å². The van der Waals surface area contributed by atoms with Crippen LogP contribution < -0.4 is 14.3 Å². The Morgan fingerprint density at radius 2 is 1.36 bits per heavy atom. The van der Waals surface area contributed by atoms with Gasteiger partial charge in [-0.2, -0.15) is 9.13 Å². The summed E-state index contributed by atoms with van der Waals surface area (Å²) in [6.45, 7) is 18.9. The number of fused-ring (bicyclic) bond motifs is 6. The number of pyridine rings is 2. The van der Waals surface area contributed by atoms with E-state index in [4.69, 9.17) is 0 Å². The van der Waals surface area contributed by atoms with Gasteiger partial charge < -0.3 is 0 Å². The van der Waals surface area contributed by atoms with E-state index in [1.54, 1.807) is 5.19 Å². The summed E-state index contributed by atoms with van der Waals surface area (Å²) in [6, 6.07) is 34.4. The SMILES string of the molecule is C=CC1C(C2c3ccccc3-c3cc(-c4ccccc4)c(C(C)C)c[n+]32)c2ccccc2-c2cc(CC)c([Si](C)(C)C)c[n+]21. The maximum Gasteiger partial charge on any atom is 0.214 e. The van der Waals surface area contributed by atoms with E-state index in [9.17, 15) is 0 Å². The first kappa shape index (κ1) is 28.7. The Labute approximate surface area is 264 Å². The molecule has 4 heterocycles. The van der Waals surface area contributed by atoms with Crippen LogP contribution in [0.2, 0.25) is 19.6 Å². The van der Waals surface area contributed by atoms with Gasteiger partial charge in [0.1, 0.15) is 5.92 Å². The van der Waals surface area contributed by atoms with E-state index in [0.29, 0.717) is 5.92 Å². The zero-order chi connectivity index (χ0) is 30.7. The van der Waals surface area contributed by atoms with Crippen molar-refractivity contribution in [2.75, 3.05) is 0 Å². The van der Waals surface area contributed by atoms with E-state index in [1.165, 1.54) is 55.9 Å². The van der Waals surface area contributed by atoms with Gasteiger partial charge in [-0.1, -0.05) is 114 Å². The van der Waals surface area contributed by atoms with Gasteiger partial charge in [0.2, 0.25) is 11.4 Å². The van der Waals surface area contributed by atoms with Gasteiger partial charge in [0.15, 0.2) is 24.5 Å². The average Bonchev–Trinajstić information content (AvgIpc) is 3.35. The van der Waals surface area contributed by atoms with Crippen LogP contribution in [0.15, 0.2) is 116 Å². The van der Waals surface area contributed by atoms with Gasteiger partial charge in [-0.3, -0.25) is 0 Å². The Morgan fingerprint density at radius 3 is 2.00 bits per heavy atom. The van der Waals surface area contributed by atoms with Gasteiger partial charge in [-0.05, 0) is 52.8 Å². The number of rotatable bonds is 6. The maximum absolute atomic E-state index is 4.50. The van der Waals surface area contributed by atoms with Crippen LogP contribution in [0.5, 0.6) is 0 Å². The van der Waals surface area contributed by atoms with E-state index in [-0.39, 0.29) is 18.0 Å². The summed E-state index contributed by atoms with van der Waals surface area (Å²) < 4.78 is 5.19. The second-order valence-corrected chi connectivity index (χ2v) is 19.0. The molecular weight excluding hydrogens is 549 g/mol. The van der Waals surface area contributed by atoms with Crippen LogP contribution in [-0.2, 0) is 6.42 Å². The van der Waals surface area contributed by atoms with E-state index in [2.05, 4.69) is 166 Å². The molecule has 0 fully saturated rings. The van der Waals surface area contributed by atoms with Gasteiger partial charge in [0.25, 0.3) is 0 Å². The zero-order valence-corrected chi connectivity index (χ0v) is 28.0. The van der Waals surface area contributed by atoms with Crippen molar-refractivity contribution in [1.82, 2.24) is 0 Å². The van der Waals surface area contributed by atoms with Crippen molar-refractivity contribution in [3.8, 4) is 33.6 Å². The molecule has 7 rings (SSSR count). The van der Waals surface area contributed by atoms with Crippen molar-refractivity contribution < 1.29 is 9.13 Å². The second-order valence-electron chi connectivity index (χ2n) is 13.9. The molecule has 2 nitrogen and oxygen atoms in total. The Morgan fingerprint density at radius 1 is 0.750 bits per heavy atom. The summed E-state index contributed by atoms with van der Waals surface area (Å²) in [5.41, 5.74) is 13.6. The topological polar surface area (TPSA) is 7.76 Å². The van der Waals surface area contributed by atoms with Crippen LogP contribution >= 0.6 is 0 Å². The second kappa shape index (κ2) is 10.8. The molecule has 3 atom stereocenters. The monoisotopic (exact) mass is 592 g/mol. The van der Waals surface area contributed by atoms with E-state index < -0.39 is 8.07 Å². The number of aromatic nitrogens is 2. The third-order valence-electron chi connectivity index (χ3n) is 9.97. The third kappa shape index (κ3) is 4.44. The highest BCUT2D eigenvalue weighted by molar-refractivity contribution is 6.89. The Balaban J connectivity index is 1.51. The lowest BCUT2D eigenvalue weighted by atomic mass is 9.76. The number of hydrogen-bond donors (Lipinski definition) is 0.